The van der Waals surface area contributed by atoms with Gasteiger partial charge in [0.25, 0.3) is 0 Å². The van der Waals surface area contributed by atoms with E-state index in [-0.39, 0.29) is 36.7 Å². The maximum atomic E-state index is 12.5. The van der Waals surface area contributed by atoms with Crippen LogP contribution in [0.2, 0.25) is 0 Å². The third-order valence-electron chi connectivity index (χ3n) is 5.03. The molecule has 15 heteroatoms. The van der Waals surface area contributed by atoms with Crippen molar-refractivity contribution in [2.75, 3.05) is 25.7 Å². The van der Waals surface area contributed by atoms with Crippen molar-refractivity contribution in [1.82, 2.24) is 14.9 Å². The number of alkyl halides is 3. The number of methoxy groups -OCH3 is 1. The molecule has 1 aromatic heterocycles. The number of imidazole rings is 1. The van der Waals surface area contributed by atoms with Crippen LogP contribution in [0.3, 0.4) is 0 Å². The molecule has 0 aliphatic carbocycles. The molecular weight excluding hydrogens is 528 g/mol. The predicted octanol–water partition coefficient (Wildman–Crippen LogP) is 0.781. The van der Waals surface area contributed by atoms with Crippen LogP contribution in [-0.4, -0.2) is 59.6 Å². The Labute approximate surface area is 235 Å². The first kappa shape index (κ1) is 30.9. The van der Waals surface area contributed by atoms with E-state index in [1.54, 1.807) is 19.2 Å². The van der Waals surface area contributed by atoms with Gasteiger partial charge in [0.05, 0.1) is 19.5 Å². The monoisotopic (exact) mass is 554 g/mol. The minimum atomic E-state index is -4.71. The van der Waals surface area contributed by atoms with Gasteiger partial charge in [-0.25, -0.2) is 4.98 Å². The Hall–Kier alpha value is -2.33. The summed E-state index contributed by atoms with van der Waals surface area (Å²) < 4.78 is 78.2. The molecule has 0 unspecified atom stereocenters. The van der Waals surface area contributed by atoms with Crippen molar-refractivity contribution in [2.24, 2.45) is 0 Å². The summed E-state index contributed by atoms with van der Waals surface area (Å²) in [6.45, 7) is 2.20. The number of rotatable bonds is 6. The predicted molar refractivity (Wildman–Crippen MR) is 125 cm³/mol. The molecule has 0 fully saturated rings. The SMILES string of the molecule is COc1ccc(CN2Cc3[nH]c(Cc4cccc(OC(F)(F)F)c4)nc3N(C)C2)cc1.O=S(=O)(O)O.[H-].[Na+]. The topological polar surface area (TPSA) is 128 Å². The van der Waals surface area contributed by atoms with Crippen LogP contribution in [0.15, 0.2) is 48.5 Å². The van der Waals surface area contributed by atoms with Crippen molar-refractivity contribution >= 4 is 16.2 Å². The third kappa shape index (κ3) is 10.5. The second-order valence-corrected chi connectivity index (χ2v) is 8.88. The molecule has 0 bridgehead atoms. The van der Waals surface area contributed by atoms with Crippen molar-refractivity contribution in [1.29, 1.82) is 0 Å². The zero-order valence-electron chi connectivity index (χ0n) is 21.4. The van der Waals surface area contributed by atoms with Crippen LogP contribution in [0.5, 0.6) is 11.5 Å². The summed E-state index contributed by atoms with van der Waals surface area (Å²) in [5.74, 6) is 2.16. The van der Waals surface area contributed by atoms with Crippen LogP contribution in [0.4, 0.5) is 19.0 Å². The van der Waals surface area contributed by atoms with Gasteiger partial charge >= 0.3 is 46.3 Å². The Bertz CT molecular complexity index is 1270. The van der Waals surface area contributed by atoms with Gasteiger partial charge in [-0.2, -0.15) is 8.42 Å². The van der Waals surface area contributed by atoms with Gasteiger partial charge in [-0.3, -0.25) is 14.0 Å². The molecule has 37 heavy (non-hydrogen) atoms. The summed E-state index contributed by atoms with van der Waals surface area (Å²) in [7, 11) is -1.05. The number of hydrogen-bond acceptors (Lipinski definition) is 7. The van der Waals surface area contributed by atoms with Crippen molar-refractivity contribution in [3.8, 4) is 11.5 Å². The Balaban J connectivity index is 0.000000946. The summed E-state index contributed by atoms with van der Waals surface area (Å²) in [5, 5.41) is 0. The maximum absolute atomic E-state index is 12.5. The molecule has 3 N–H and O–H groups in total. The number of ether oxygens (including phenoxy) is 2. The summed E-state index contributed by atoms with van der Waals surface area (Å²) in [5.41, 5.74) is 2.85. The van der Waals surface area contributed by atoms with Crippen LogP contribution >= 0.6 is 0 Å². The van der Waals surface area contributed by atoms with E-state index in [1.165, 1.54) is 17.7 Å². The molecule has 0 amide bonds. The number of halogens is 3. The van der Waals surface area contributed by atoms with Crippen LogP contribution < -0.4 is 43.9 Å². The fourth-order valence-corrected chi connectivity index (χ4v) is 3.74. The summed E-state index contributed by atoms with van der Waals surface area (Å²) >= 11 is 0. The average Bonchev–Trinajstić information content (AvgIpc) is 3.15. The molecule has 0 radical (unpaired) electrons. The van der Waals surface area contributed by atoms with Gasteiger partial charge in [0.2, 0.25) is 0 Å². The number of nitrogens with one attached hydrogen (secondary N) is 1. The molecule has 0 saturated heterocycles. The molecule has 0 atom stereocenters. The number of benzene rings is 2. The van der Waals surface area contributed by atoms with Crippen LogP contribution in [0.1, 0.15) is 24.1 Å². The minimum absolute atomic E-state index is 0. The average molecular weight is 555 g/mol. The van der Waals surface area contributed by atoms with E-state index in [4.69, 9.17) is 22.3 Å². The molecule has 1 aliphatic heterocycles. The summed E-state index contributed by atoms with van der Waals surface area (Å²) in [4.78, 5) is 12.3. The van der Waals surface area contributed by atoms with E-state index >= 15 is 0 Å². The van der Waals surface area contributed by atoms with Crippen molar-refractivity contribution < 1.29 is 71.2 Å². The van der Waals surface area contributed by atoms with E-state index in [0.29, 0.717) is 24.4 Å². The van der Waals surface area contributed by atoms with Gasteiger partial charge < -0.3 is 20.8 Å². The fourth-order valence-electron chi connectivity index (χ4n) is 3.74. The molecule has 0 spiro atoms. The van der Waals surface area contributed by atoms with Gasteiger partial charge in [-0.15, -0.1) is 13.2 Å². The van der Waals surface area contributed by atoms with Gasteiger partial charge in [-0.05, 0) is 35.4 Å². The molecule has 1 aliphatic rings. The Kier molecular flexibility index (Phi) is 10.8. The van der Waals surface area contributed by atoms with Gasteiger partial charge in [0.1, 0.15) is 17.3 Å². The Morgan fingerprint density at radius 2 is 1.76 bits per heavy atom. The Morgan fingerprint density at radius 3 is 2.35 bits per heavy atom. The van der Waals surface area contributed by atoms with Crippen molar-refractivity contribution in [3.05, 3.63) is 71.2 Å². The third-order valence-corrected chi connectivity index (χ3v) is 5.03. The molecule has 3 aromatic rings. The number of fused-ring (bicyclic) bond motifs is 1. The largest absolute Gasteiger partial charge is 1.00 e. The number of H-pyrrole nitrogens is 1. The van der Waals surface area contributed by atoms with E-state index in [0.717, 1.165) is 30.5 Å². The molecule has 4 rings (SSSR count). The Morgan fingerprint density at radius 1 is 1.11 bits per heavy atom. The van der Waals surface area contributed by atoms with E-state index in [9.17, 15) is 13.2 Å². The number of nitrogens with zero attached hydrogens (tertiary/aromatic N) is 3. The molecule has 10 nitrogen and oxygen atoms in total. The molecule has 0 saturated carbocycles. The van der Waals surface area contributed by atoms with Gasteiger partial charge in [0, 0.05) is 26.6 Å². The zero-order chi connectivity index (χ0) is 26.5. The normalized spacial score (nSPS) is 13.6. The smallest absolute Gasteiger partial charge is 1.00 e. The summed E-state index contributed by atoms with van der Waals surface area (Å²) in [6, 6.07) is 13.9. The fraction of sp³-hybridized carbons (Fsp3) is 0.318. The first-order valence-electron chi connectivity index (χ1n) is 10.5. The van der Waals surface area contributed by atoms with Crippen LogP contribution in [0.25, 0.3) is 0 Å². The number of aromatic amines is 1. The second kappa shape index (κ2) is 13.0. The molecule has 198 valence electrons. The quantitative estimate of drug-likeness (QED) is 0.299. The minimum Gasteiger partial charge on any atom is -1.00 e. The number of aromatic nitrogens is 2. The zero-order valence-corrected chi connectivity index (χ0v) is 23.2. The second-order valence-electron chi connectivity index (χ2n) is 7.98. The first-order chi connectivity index (χ1) is 16.8. The van der Waals surface area contributed by atoms with E-state index in [2.05, 4.69) is 24.5 Å². The van der Waals surface area contributed by atoms with Crippen molar-refractivity contribution in [2.45, 2.75) is 25.9 Å². The number of anilines is 1. The van der Waals surface area contributed by atoms with E-state index in [1.807, 2.05) is 31.3 Å². The van der Waals surface area contributed by atoms with E-state index < -0.39 is 16.8 Å². The van der Waals surface area contributed by atoms with Gasteiger partial charge in [0.15, 0.2) is 5.82 Å². The van der Waals surface area contributed by atoms with Crippen LogP contribution in [0, 0.1) is 0 Å². The van der Waals surface area contributed by atoms with Crippen molar-refractivity contribution in [3.63, 3.8) is 0 Å². The van der Waals surface area contributed by atoms with Gasteiger partial charge in [-0.1, -0.05) is 24.3 Å². The molecule has 2 heterocycles. The first-order valence-corrected chi connectivity index (χ1v) is 11.9. The van der Waals surface area contributed by atoms with Crippen LogP contribution in [-0.2, 0) is 29.9 Å². The molecular formula is C22H26F3N4NaO6S. The molecule has 2 aromatic carbocycles. The summed E-state index contributed by atoms with van der Waals surface area (Å²) in [6.07, 6.45) is -4.33. The number of hydrogen-bond donors (Lipinski definition) is 3. The maximum Gasteiger partial charge on any atom is 1.00 e. The standard InChI is InChI=1S/C22H23F3N4O2.Na.H2O4S.H/c1-28-14-29(12-15-6-8-17(30-2)9-7-15)13-19-21(28)27-20(26-19)11-16-4-3-5-18(10-16)31-22(23,24)25;;1-5(2,3)4;/h3-10H,11-14H2,1-2H3,(H,26,27);;(H2,1,2,3,4);/q;+1;;-1.